The van der Waals surface area contributed by atoms with Crippen LogP contribution in [0.3, 0.4) is 0 Å². The summed E-state index contributed by atoms with van der Waals surface area (Å²) in [5, 5.41) is 4.29. The molecule has 3 rings (SSSR count). The first-order valence-electron chi connectivity index (χ1n) is 8.53. The van der Waals surface area contributed by atoms with Crippen molar-refractivity contribution in [3.05, 3.63) is 63.3 Å². The van der Waals surface area contributed by atoms with Crippen LogP contribution in [0.15, 0.2) is 41.5 Å². The quantitative estimate of drug-likeness (QED) is 0.342. The number of imidazole rings is 1. The van der Waals surface area contributed by atoms with Gasteiger partial charge in [0.25, 0.3) is 0 Å². The number of nitrogens with zero attached hydrogens (tertiary/aromatic N) is 6. The van der Waals surface area contributed by atoms with E-state index in [4.69, 9.17) is 22.1 Å². The number of rotatable bonds is 6. The topological polar surface area (TPSA) is 69.8 Å². The van der Waals surface area contributed by atoms with Gasteiger partial charge in [0.1, 0.15) is 5.82 Å². The maximum absolute atomic E-state index is 8.38. The van der Waals surface area contributed by atoms with Crippen molar-refractivity contribution in [2.45, 2.75) is 19.8 Å². The molecule has 7 heteroatoms. The Morgan fingerprint density at radius 2 is 1.96 bits per heavy atom. The molecule has 0 saturated heterocycles. The van der Waals surface area contributed by atoms with Gasteiger partial charge in [-0.1, -0.05) is 35.8 Å². The van der Waals surface area contributed by atoms with E-state index in [1.54, 1.807) is 0 Å². The second-order valence-electron chi connectivity index (χ2n) is 6.27. The van der Waals surface area contributed by atoms with Crippen molar-refractivity contribution in [3.8, 4) is 5.69 Å². The molecule has 1 heterocycles. The average molecular weight is 369 g/mol. The zero-order valence-corrected chi connectivity index (χ0v) is 15.9. The van der Waals surface area contributed by atoms with Gasteiger partial charge in [-0.15, -0.1) is 0 Å². The molecule has 0 spiro atoms. The Morgan fingerprint density at radius 1 is 1.23 bits per heavy atom. The number of aryl methyl sites for hydroxylation is 1. The van der Waals surface area contributed by atoms with Crippen LogP contribution in [0.25, 0.3) is 27.2 Å². The average Bonchev–Trinajstić information content (AvgIpc) is 2.99. The van der Waals surface area contributed by atoms with E-state index in [1.165, 1.54) is 0 Å². The van der Waals surface area contributed by atoms with Gasteiger partial charge in [0.15, 0.2) is 0 Å². The van der Waals surface area contributed by atoms with E-state index in [-0.39, 0.29) is 0 Å². The second-order valence-corrected chi connectivity index (χ2v) is 6.68. The highest BCUT2D eigenvalue weighted by molar-refractivity contribution is 6.34. The predicted octanol–water partition coefficient (Wildman–Crippen LogP) is 5.16. The minimum Gasteiger partial charge on any atom is -0.376 e. The van der Waals surface area contributed by atoms with Gasteiger partial charge in [-0.05, 0) is 41.8 Å². The highest BCUT2D eigenvalue weighted by atomic mass is 35.5. The molecule has 0 unspecified atom stereocenters. The first-order valence-corrected chi connectivity index (χ1v) is 8.91. The van der Waals surface area contributed by atoms with Crippen molar-refractivity contribution in [2.24, 2.45) is 5.11 Å². The van der Waals surface area contributed by atoms with Gasteiger partial charge in [0.05, 0.1) is 21.7 Å². The third-order valence-electron chi connectivity index (χ3n) is 4.35. The zero-order valence-electron chi connectivity index (χ0n) is 15.1. The first kappa shape index (κ1) is 18.1. The molecular formula is C19H21ClN6. The summed E-state index contributed by atoms with van der Waals surface area (Å²) < 4.78 is 2.15. The normalized spacial score (nSPS) is 10.8. The highest BCUT2D eigenvalue weighted by Gasteiger charge is 2.14. The second kappa shape index (κ2) is 7.68. The molecule has 0 aliphatic heterocycles. The fourth-order valence-corrected chi connectivity index (χ4v) is 3.37. The number of hydrogen-bond acceptors (Lipinski definition) is 3. The van der Waals surface area contributed by atoms with Gasteiger partial charge < -0.3 is 4.90 Å². The van der Waals surface area contributed by atoms with Crippen molar-refractivity contribution in [1.82, 2.24) is 9.55 Å². The molecule has 0 amide bonds. The molecule has 134 valence electrons. The Hall–Kier alpha value is -2.69. The molecule has 0 radical (unpaired) electrons. The van der Waals surface area contributed by atoms with Crippen LogP contribution in [0.4, 0.5) is 5.69 Å². The van der Waals surface area contributed by atoms with Crippen LogP contribution in [0.2, 0.25) is 5.02 Å². The lowest BCUT2D eigenvalue weighted by atomic mass is 10.1. The molecule has 1 aromatic heterocycles. The summed E-state index contributed by atoms with van der Waals surface area (Å²) in [4.78, 5) is 9.58. The number of halogens is 1. The molecule has 2 aromatic carbocycles. The predicted molar refractivity (Wildman–Crippen MR) is 108 cm³/mol. The number of azide groups is 1. The summed E-state index contributed by atoms with van der Waals surface area (Å²) in [6.45, 7) is 2.56. The Balaban J connectivity index is 2.06. The van der Waals surface area contributed by atoms with E-state index >= 15 is 0 Å². The van der Waals surface area contributed by atoms with Gasteiger partial charge in [0, 0.05) is 37.7 Å². The van der Waals surface area contributed by atoms with Gasteiger partial charge in [-0.25, -0.2) is 4.98 Å². The molecule has 0 aliphatic rings. The smallest absolute Gasteiger partial charge is 0.114 e. The minimum atomic E-state index is 0.465. The zero-order chi connectivity index (χ0) is 18.7. The van der Waals surface area contributed by atoms with Crippen molar-refractivity contribution >= 4 is 28.3 Å². The van der Waals surface area contributed by atoms with Crippen molar-refractivity contribution in [1.29, 1.82) is 0 Å². The molecule has 0 bridgehead atoms. The first-order chi connectivity index (χ1) is 12.5. The molecular weight excluding hydrogens is 348 g/mol. The Kier molecular flexibility index (Phi) is 5.35. The largest absolute Gasteiger partial charge is 0.376 e. The van der Waals surface area contributed by atoms with Crippen LogP contribution >= 0.6 is 11.6 Å². The number of benzene rings is 2. The van der Waals surface area contributed by atoms with Crippen LogP contribution in [-0.4, -0.2) is 30.2 Å². The summed E-state index contributed by atoms with van der Waals surface area (Å²) in [5.41, 5.74) is 13.5. The van der Waals surface area contributed by atoms with E-state index in [0.717, 1.165) is 46.6 Å². The molecule has 0 N–H and O–H groups in total. The number of hydrogen-bond donors (Lipinski definition) is 0. The molecule has 26 heavy (non-hydrogen) atoms. The van der Waals surface area contributed by atoms with Crippen LogP contribution in [-0.2, 0) is 12.8 Å². The van der Waals surface area contributed by atoms with Gasteiger partial charge in [-0.2, -0.15) is 0 Å². The number of anilines is 1. The third-order valence-corrected chi connectivity index (χ3v) is 4.65. The maximum atomic E-state index is 8.38. The summed E-state index contributed by atoms with van der Waals surface area (Å²) in [6, 6.07) is 12.3. The lowest BCUT2D eigenvalue weighted by Gasteiger charge is -2.15. The fourth-order valence-electron chi connectivity index (χ4n) is 3.04. The van der Waals surface area contributed by atoms with Gasteiger partial charge >= 0.3 is 0 Å². The van der Waals surface area contributed by atoms with E-state index < -0.39 is 0 Å². The lowest BCUT2D eigenvalue weighted by Crippen LogP contribution is -2.09. The van der Waals surface area contributed by atoms with E-state index in [2.05, 4.69) is 45.8 Å². The standard InChI is InChI=1S/C19H21ClN6/c1-4-19-23-16-12-17(25(2)3)15(20)11-18(16)26(19)14-7-5-13(6-8-14)9-10-22-24-21/h5-8,11-12H,4,9-10H2,1-3H3. The van der Waals surface area contributed by atoms with Crippen LogP contribution in [0.5, 0.6) is 0 Å². The van der Waals surface area contributed by atoms with Crippen LogP contribution in [0.1, 0.15) is 18.3 Å². The van der Waals surface area contributed by atoms with Crippen molar-refractivity contribution < 1.29 is 0 Å². The van der Waals surface area contributed by atoms with Crippen molar-refractivity contribution in [2.75, 3.05) is 25.5 Å². The van der Waals surface area contributed by atoms with Crippen LogP contribution in [0, 0.1) is 0 Å². The van der Waals surface area contributed by atoms with E-state index in [9.17, 15) is 0 Å². The van der Waals surface area contributed by atoms with Crippen molar-refractivity contribution in [3.63, 3.8) is 0 Å². The molecule has 3 aromatic rings. The molecule has 0 fully saturated rings. The highest BCUT2D eigenvalue weighted by Crippen LogP contribution is 2.32. The molecule has 0 atom stereocenters. The SMILES string of the molecule is CCc1nc2cc(N(C)C)c(Cl)cc2n1-c1ccc(CCN=[N+]=[N-])cc1. The summed E-state index contributed by atoms with van der Waals surface area (Å²) >= 11 is 6.48. The Bertz CT molecular complexity index is 968. The van der Waals surface area contributed by atoms with E-state index in [0.29, 0.717) is 11.6 Å². The molecule has 6 nitrogen and oxygen atoms in total. The summed E-state index contributed by atoms with van der Waals surface area (Å²) in [6.07, 6.45) is 1.55. The summed E-state index contributed by atoms with van der Waals surface area (Å²) in [7, 11) is 3.94. The monoisotopic (exact) mass is 368 g/mol. The third kappa shape index (κ3) is 3.47. The summed E-state index contributed by atoms with van der Waals surface area (Å²) in [5.74, 6) is 0.994. The molecule has 0 aliphatic carbocycles. The maximum Gasteiger partial charge on any atom is 0.114 e. The van der Waals surface area contributed by atoms with E-state index in [1.807, 2.05) is 31.1 Å². The minimum absolute atomic E-state index is 0.465. The number of aromatic nitrogens is 2. The van der Waals surface area contributed by atoms with Gasteiger partial charge in [0.2, 0.25) is 0 Å². The molecule has 0 saturated carbocycles. The number of fused-ring (bicyclic) bond motifs is 1. The Labute approximate surface area is 157 Å². The van der Waals surface area contributed by atoms with Gasteiger partial charge in [-0.3, -0.25) is 4.57 Å². The van der Waals surface area contributed by atoms with Crippen LogP contribution < -0.4 is 4.90 Å². The lowest BCUT2D eigenvalue weighted by molar-refractivity contribution is 0.905. The Morgan fingerprint density at radius 3 is 2.58 bits per heavy atom. The fraction of sp³-hybridized carbons (Fsp3) is 0.316.